The van der Waals surface area contributed by atoms with Crippen LogP contribution >= 0.6 is 0 Å². The number of amides is 4. The van der Waals surface area contributed by atoms with Gasteiger partial charge in [-0.3, -0.25) is 19.8 Å². The van der Waals surface area contributed by atoms with Crippen LogP contribution < -0.4 is 15.0 Å². The summed E-state index contributed by atoms with van der Waals surface area (Å²) in [6.07, 6.45) is 6.46. The van der Waals surface area contributed by atoms with Crippen molar-refractivity contribution >= 4 is 29.6 Å². The Morgan fingerprint density at radius 2 is 1.93 bits per heavy atom. The lowest BCUT2D eigenvalue weighted by Gasteiger charge is -2.29. The maximum atomic E-state index is 12.9. The number of anilines is 1. The van der Waals surface area contributed by atoms with Gasteiger partial charge in [0.2, 0.25) is 0 Å². The number of nitrogens with zero attached hydrogens (tertiary/aromatic N) is 2. The Bertz CT molecular complexity index is 990. The minimum absolute atomic E-state index is 0.0622. The van der Waals surface area contributed by atoms with Crippen LogP contribution in [0.25, 0.3) is 6.08 Å². The standard InChI is InChI=1S/C22H23N3O5/c1-29-19-13-16(24-9-3-2-4-10-24)8-7-15(19)12-18-20(26)23-22(28)25(21(18)27)14-17-6-5-11-30-17/h5-8,11-13H,2-4,9-10,14H2,1H3,(H,23,26,28). The van der Waals surface area contributed by atoms with Crippen LogP contribution in [0.15, 0.2) is 46.6 Å². The van der Waals surface area contributed by atoms with E-state index in [2.05, 4.69) is 10.2 Å². The lowest BCUT2D eigenvalue weighted by Crippen LogP contribution is -2.53. The van der Waals surface area contributed by atoms with Crippen LogP contribution in [-0.2, 0) is 16.1 Å². The van der Waals surface area contributed by atoms with Crippen LogP contribution in [0.1, 0.15) is 30.6 Å². The molecule has 0 unspecified atom stereocenters. The van der Waals surface area contributed by atoms with Crippen molar-refractivity contribution in [1.29, 1.82) is 0 Å². The molecule has 0 aliphatic carbocycles. The van der Waals surface area contributed by atoms with Crippen molar-refractivity contribution in [2.24, 2.45) is 0 Å². The third-order valence-corrected chi connectivity index (χ3v) is 5.32. The van der Waals surface area contributed by atoms with E-state index in [0.29, 0.717) is 17.1 Å². The summed E-state index contributed by atoms with van der Waals surface area (Å²) < 4.78 is 10.7. The van der Waals surface area contributed by atoms with Gasteiger partial charge in [0, 0.05) is 30.4 Å². The zero-order valence-corrected chi connectivity index (χ0v) is 16.7. The average molecular weight is 409 g/mol. The molecule has 0 atom stereocenters. The summed E-state index contributed by atoms with van der Waals surface area (Å²) in [6.45, 7) is 1.93. The van der Waals surface area contributed by atoms with Gasteiger partial charge in [0.1, 0.15) is 17.1 Å². The molecule has 0 radical (unpaired) electrons. The Kier molecular flexibility index (Phi) is 5.56. The minimum atomic E-state index is -0.772. The van der Waals surface area contributed by atoms with Gasteiger partial charge in [0.05, 0.1) is 19.9 Å². The molecule has 2 aliphatic heterocycles. The lowest BCUT2D eigenvalue weighted by atomic mass is 10.0. The summed E-state index contributed by atoms with van der Waals surface area (Å²) in [5, 5.41) is 2.21. The molecule has 0 saturated carbocycles. The normalized spacial score (nSPS) is 18.7. The number of benzene rings is 1. The number of rotatable bonds is 5. The van der Waals surface area contributed by atoms with Gasteiger partial charge in [-0.1, -0.05) is 0 Å². The molecule has 1 aromatic carbocycles. The average Bonchev–Trinajstić information content (AvgIpc) is 3.28. The third kappa shape index (κ3) is 3.94. The second-order valence-electron chi connectivity index (χ2n) is 7.26. The van der Waals surface area contributed by atoms with Crippen LogP contribution in [0.5, 0.6) is 5.75 Å². The molecule has 30 heavy (non-hydrogen) atoms. The number of urea groups is 1. The van der Waals surface area contributed by atoms with Crippen molar-refractivity contribution < 1.29 is 23.5 Å². The molecule has 2 aromatic rings. The summed E-state index contributed by atoms with van der Waals surface area (Å²) in [7, 11) is 1.55. The highest BCUT2D eigenvalue weighted by Gasteiger charge is 2.36. The fourth-order valence-electron chi connectivity index (χ4n) is 3.72. The molecule has 4 amide bonds. The number of barbiturate groups is 1. The number of hydrogen-bond donors (Lipinski definition) is 1. The monoisotopic (exact) mass is 409 g/mol. The van der Waals surface area contributed by atoms with Crippen molar-refractivity contribution in [2.75, 3.05) is 25.1 Å². The molecule has 4 rings (SSSR count). The number of hydrogen-bond acceptors (Lipinski definition) is 6. The first-order valence-corrected chi connectivity index (χ1v) is 9.91. The van der Waals surface area contributed by atoms with E-state index < -0.39 is 17.8 Å². The van der Waals surface area contributed by atoms with E-state index in [1.165, 1.54) is 18.8 Å². The predicted molar refractivity (Wildman–Crippen MR) is 110 cm³/mol. The Balaban J connectivity index is 1.62. The molecule has 2 aliphatic rings. The van der Waals surface area contributed by atoms with Crippen LogP contribution in [-0.4, -0.2) is 42.9 Å². The van der Waals surface area contributed by atoms with Gasteiger partial charge in [0.15, 0.2) is 0 Å². The molecule has 156 valence electrons. The van der Waals surface area contributed by atoms with Crippen molar-refractivity contribution in [3.05, 3.63) is 53.5 Å². The van der Waals surface area contributed by atoms with E-state index >= 15 is 0 Å². The number of carbonyl (C=O) groups is 3. The van der Waals surface area contributed by atoms with Crippen molar-refractivity contribution in [3.8, 4) is 5.75 Å². The number of furan rings is 1. The summed E-state index contributed by atoms with van der Waals surface area (Å²) >= 11 is 0. The van der Waals surface area contributed by atoms with E-state index in [-0.39, 0.29) is 12.1 Å². The highest BCUT2D eigenvalue weighted by Crippen LogP contribution is 2.30. The molecule has 2 saturated heterocycles. The van der Waals surface area contributed by atoms with Gasteiger partial charge in [-0.25, -0.2) is 4.79 Å². The molecule has 0 spiro atoms. The van der Waals surface area contributed by atoms with Crippen LogP contribution in [0.3, 0.4) is 0 Å². The first-order chi connectivity index (χ1) is 14.6. The number of piperidine rings is 1. The molecule has 2 fully saturated rings. The second-order valence-corrected chi connectivity index (χ2v) is 7.26. The highest BCUT2D eigenvalue weighted by molar-refractivity contribution is 6.31. The molecule has 1 N–H and O–H groups in total. The van der Waals surface area contributed by atoms with Gasteiger partial charge < -0.3 is 14.1 Å². The summed E-state index contributed by atoms with van der Waals surface area (Å²) in [5.41, 5.74) is 1.50. The molecular weight excluding hydrogens is 386 g/mol. The Morgan fingerprint density at radius 1 is 1.13 bits per heavy atom. The summed E-state index contributed by atoms with van der Waals surface area (Å²) in [6, 6.07) is 8.24. The van der Waals surface area contributed by atoms with E-state index in [0.717, 1.165) is 36.5 Å². The molecule has 8 heteroatoms. The van der Waals surface area contributed by atoms with E-state index in [1.807, 2.05) is 18.2 Å². The second kappa shape index (κ2) is 8.44. The quantitative estimate of drug-likeness (QED) is 0.603. The van der Waals surface area contributed by atoms with Gasteiger partial charge >= 0.3 is 6.03 Å². The summed E-state index contributed by atoms with van der Waals surface area (Å²) in [5.74, 6) is -0.415. The number of ether oxygens (including phenoxy) is 1. The third-order valence-electron chi connectivity index (χ3n) is 5.32. The zero-order valence-electron chi connectivity index (χ0n) is 16.7. The first kappa shape index (κ1) is 19.8. The van der Waals surface area contributed by atoms with Gasteiger partial charge in [-0.05, 0) is 49.6 Å². The predicted octanol–water partition coefficient (Wildman–Crippen LogP) is 2.94. The van der Waals surface area contributed by atoms with Gasteiger partial charge in [-0.15, -0.1) is 0 Å². The van der Waals surface area contributed by atoms with Crippen molar-refractivity contribution in [1.82, 2.24) is 10.2 Å². The maximum absolute atomic E-state index is 12.9. The topological polar surface area (TPSA) is 92.1 Å². The maximum Gasteiger partial charge on any atom is 0.331 e. The fraction of sp³-hybridized carbons (Fsp3) is 0.318. The molecular formula is C22H23N3O5. The van der Waals surface area contributed by atoms with E-state index in [9.17, 15) is 14.4 Å². The molecule has 8 nitrogen and oxygen atoms in total. The Morgan fingerprint density at radius 3 is 2.63 bits per heavy atom. The zero-order chi connectivity index (χ0) is 21.1. The Hall–Kier alpha value is -3.55. The van der Waals surface area contributed by atoms with Crippen LogP contribution in [0.2, 0.25) is 0 Å². The number of imide groups is 2. The summed E-state index contributed by atoms with van der Waals surface area (Å²) in [4.78, 5) is 40.6. The Labute approximate surface area is 174 Å². The van der Waals surface area contributed by atoms with Gasteiger partial charge in [0.25, 0.3) is 11.8 Å². The SMILES string of the molecule is COc1cc(N2CCCCC2)ccc1C=C1C(=O)NC(=O)N(Cc2ccco2)C1=O. The van der Waals surface area contributed by atoms with Crippen LogP contribution in [0.4, 0.5) is 10.5 Å². The largest absolute Gasteiger partial charge is 0.496 e. The minimum Gasteiger partial charge on any atom is -0.496 e. The van der Waals surface area contributed by atoms with Crippen LogP contribution in [0, 0.1) is 0 Å². The molecule has 1 aromatic heterocycles. The first-order valence-electron chi connectivity index (χ1n) is 9.91. The van der Waals surface area contributed by atoms with Crippen molar-refractivity contribution in [2.45, 2.75) is 25.8 Å². The number of methoxy groups -OCH3 is 1. The van der Waals surface area contributed by atoms with Gasteiger partial charge in [-0.2, -0.15) is 0 Å². The van der Waals surface area contributed by atoms with E-state index in [4.69, 9.17) is 9.15 Å². The molecule has 0 bridgehead atoms. The number of carbonyl (C=O) groups excluding carboxylic acids is 3. The lowest BCUT2D eigenvalue weighted by molar-refractivity contribution is -0.130. The fourth-order valence-corrected chi connectivity index (χ4v) is 3.72. The van der Waals surface area contributed by atoms with E-state index in [1.54, 1.807) is 19.2 Å². The van der Waals surface area contributed by atoms with Crippen molar-refractivity contribution in [3.63, 3.8) is 0 Å². The smallest absolute Gasteiger partial charge is 0.331 e. The number of nitrogens with one attached hydrogen (secondary N) is 1. The molecule has 3 heterocycles. The highest BCUT2D eigenvalue weighted by atomic mass is 16.5.